The van der Waals surface area contributed by atoms with Gasteiger partial charge in [0.2, 0.25) is 0 Å². The van der Waals surface area contributed by atoms with E-state index >= 15 is 0 Å². The molecule has 0 aliphatic rings. The van der Waals surface area contributed by atoms with Gasteiger partial charge in [0.15, 0.2) is 0 Å². The Morgan fingerprint density at radius 1 is 1.16 bits per heavy atom. The Bertz CT molecular complexity index is 872. The van der Waals surface area contributed by atoms with Gasteiger partial charge in [-0.15, -0.1) is 0 Å². The minimum atomic E-state index is -0.432. The number of halogens is 1. The molecule has 0 fully saturated rings. The van der Waals surface area contributed by atoms with E-state index in [-0.39, 0.29) is 6.61 Å². The zero-order valence-electron chi connectivity index (χ0n) is 14.3. The van der Waals surface area contributed by atoms with Crippen LogP contribution < -0.4 is 5.32 Å². The van der Waals surface area contributed by atoms with Crippen LogP contribution in [0.25, 0.3) is 10.9 Å². The number of hydrogen-bond donors (Lipinski definition) is 2. The van der Waals surface area contributed by atoms with Gasteiger partial charge in [-0.25, -0.2) is 4.79 Å². The normalized spacial score (nSPS) is 11.5. The van der Waals surface area contributed by atoms with Crippen molar-refractivity contribution < 1.29 is 9.53 Å². The third kappa shape index (κ3) is 4.42. The molecule has 25 heavy (non-hydrogen) atoms. The Morgan fingerprint density at radius 3 is 2.68 bits per heavy atom. The summed E-state index contributed by atoms with van der Waals surface area (Å²) in [5.41, 5.74) is 2.76. The first-order valence-corrected chi connectivity index (χ1v) is 8.97. The van der Waals surface area contributed by atoms with Gasteiger partial charge < -0.3 is 15.0 Å². The number of fused-ring (bicyclic) bond motifs is 1. The maximum Gasteiger partial charge on any atom is 0.407 e. The van der Waals surface area contributed by atoms with Crippen molar-refractivity contribution in [3.8, 4) is 0 Å². The van der Waals surface area contributed by atoms with E-state index in [1.54, 1.807) is 0 Å². The van der Waals surface area contributed by atoms with Gasteiger partial charge in [0.05, 0.1) is 0 Å². The van der Waals surface area contributed by atoms with Gasteiger partial charge >= 0.3 is 6.09 Å². The topological polar surface area (TPSA) is 54.1 Å². The lowest BCUT2D eigenvalue weighted by Crippen LogP contribution is -2.45. The highest BCUT2D eigenvalue weighted by Crippen LogP contribution is 2.29. The molecular weight excluding hydrogens is 380 g/mol. The predicted molar refractivity (Wildman–Crippen MR) is 104 cm³/mol. The molecule has 3 aromatic rings. The number of nitrogens with one attached hydrogen (secondary N) is 2. The zero-order valence-corrected chi connectivity index (χ0v) is 15.9. The highest BCUT2D eigenvalue weighted by Gasteiger charge is 2.23. The summed E-state index contributed by atoms with van der Waals surface area (Å²) in [5.74, 6) is 0. The fourth-order valence-corrected chi connectivity index (χ4v) is 3.52. The van der Waals surface area contributed by atoms with Crippen LogP contribution in [-0.4, -0.2) is 16.6 Å². The zero-order chi connectivity index (χ0) is 17.9. The first-order chi connectivity index (χ1) is 11.9. The third-order valence-electron chi connectivity index (χ3n) is 4.02. The number of H-pyrrole nitrogens is 1. The molecule has 0 unspecified atom stereocenters. The van der Waals surface area contributed by atoms with Crippen molar-refractivity contribution in [1.82, 2.24) is 10.3 Å². The number of carbonyl (C=O) groups excluding carboxylic acids is 1. The Labute approximate surface area is 155 Å². The molecule has 0 atom stereocenters. The Balaban J connectivity index is 1.64. The molecular formula is C20H21BrN2O2. The standard InChI is InChI=1S/C20H21BrN2O2/c1-20(2,23-19(24)25-13-14-7-4-3-5-8-14)11-15-12-22-17-10-6-9-16(21)18(15)17/h3-10,12,22H,11,13H2,1-2H3,(H,23,24). The highest BCUT2D eigenvalue weighted by atomic mass is 79.9. The number of amides is 1. The van der Waals surface area contributed by atoms with E-state index in [1.807, 2.05) is 68.6 Å². The molecule has 130 valence electrons. The van der Waals surface area contributed by atoms with Gasteiger partial charge in [-0.3, -0.25) is 0 Å². The Hall–Kier alpha value is -2.27. The van der Waals surface area contributed by atoms with E-state index < -0.39 is 11.6 Å². The second-order valence-electron chi connectivity index (χ2n) is 6.72. The number of hydrogen-bond acceptors (Lipinski definition) is 2. The van der Waals surface area contributed by atoms with Gasteiger partial charge in [0.25, 0.3) is 0 Å². The lowest BCUT2D eigenvalue weighted by atomic mass is 9.95. The van der Waals surface area contributed by atoms with Gasteiger partial charge in [-0.05, 0) is 43.5 Å². The molecule has 5 heteroatoms. The summed E-state index contributed by atoms with van der Waals surface area (Å²) in [7, 11) is 0. The molecule has 1 aromatic heterocycles. The van der Waals surface area contributed by atoms with Crippen molar-refractivity contribution in [3.63, 3.8) is 0 Å². The van der Waals surface area contributed by atoms with Crippen LogP contribution in [0.4, 0.5) is 4.79 Å². The number of aromatic nitrogens is 1. The van der Waals surface area contributed by atoms with Gasteiger partial charge in [-0.1, -0.05) is 52.3 Å². The maximum atomic E-state index is 12.1. The first kappa shape index (κ1) is 17.5. The minimum Gasteiger partial charge on any atom is -0.445 e. The average Bonchev–Trinajstić information content (AvgIpc) is 2.97. The second kappa shape index (κ2) is 7.31. The van der Waals surface area contributed by atoms with Gasteiger partial charge in [0.1, 0.15) is 6.61 Å². The molecule has 3 rings (SSSR count). The maximum absolute atomic E-state index is 12.1. The number of benzene rings is 2. The van der Waals surface area contributed by atoms with E-state index in [1.165, 1.54) is 0 Å². The van der Waals surface area contributed by atoms with E-state index in [2.05, 4.69) is 26.2 Å². The average molecular weight is 401 g/mol. The fourth-order valence-electron chi connectivity index (χ4n) is 2.90. The van der Waals surface area contributed by atoms with Crippen molar-refractivity contribution >= 4 is 32.9 Å². The largest absolute Gasteiger partial charge is 0.445 e. The van der Waals surface area contributed by atoms with Crippen molar-refractivity contribution in [3.05, 3.63) is 70.3 Å². The molecule has 0 radical (unpaired) electrons. The van der Waals surface area contributed by atoms with Crippen LogP contribution in [0.5, 0.6) is 0 Å². The predicted octanol–water partition coefficient (Wildman–Crippen LogP) is 5.18. The van der Waals surface area contributed by atoms with Crippen LogP contribution in [0, 0.1) is 0 Å². The molecule has 0 saturated carbocycles. The summed E-state index contributed by atoms with van der Waals surface area (Å²) in [6.07, 6.45) is 2.28. The summed E-state index contributed by atoms with van der Waals surface area (Å²) in [5, 5.41) is 4.11. The quantitative estimate of drug-likeness (QED) is 0.619. The summed E-state index contributed by atoms with van der Waals surface area (Å²) < 4.78 is 6.37. The van der Waals surface area contributed by atoms with Crippen molar-refractivity contribution in [2.75, 3.05) is 0 Å². The van der Waals surface area contributed by atoms with E-state index in [0.29, 0.717) is 6.42 Å². The molecule has 4 nitrogen and oxygen atoms in total. The van der Waals surface area contributed by atoms with Crippen LogP contribution in [0.1, 0.15) is 25.0 Å². The number of carbonyl (C=O) groups is 1. The molecule has 0 spiro atoms. The Morgan fingerprint density at radius 2 is 1.92 bits per heavy atom. The van der Waals surface area contributed by atoms with Gasteiger partial charge in [0, 0.05) is 27.1 Å². The highest BCUT2D eigenvalue weighted by molar-refractivity contribution is 9.10. The fraction of sp³-hybridized carbons (Fsp3) is 0.250. The molecule has 1 amide bonds. The molecule has 1 heterocycles. The number of rotatable bonds is 5. The lowest BCUT2D eigenvalue weighted by molar-refractivity contribution is 0.129. The molecule has 0 saturated heterocycles. The number of aromatic amines is 1. The smallest absolute Gasteiger partial charge is 0.407 e. The summed E-state index contributed by atoms with van der Waals surface area (Å²) in [4.78, 5) is 15.4. The molecule has 0 aliphatic heterocycles. The minimum absolute atomic E-state index is 0.265. The van der Waals surface area contributed by atoms with Crippen LogP contribution in [-0.2, 0) is 17.8 Å². The summed E-state index contributed by atoms with van der Waals surface area (Å²) in [6, 6.07) is 15.7. The summed E-state index contributed by atoms with van der Waals surface area (Å²) in [6.45, 7) is 4.25. The SMILES string of the molecule is CC(C)(Cc1c[nH]c2cccc(Br)c12)NC(=O)OCc1ccccc1. The molecule has 2 N–H and O–H groups in total. The number of ether oxygens (including phenoxy) is 1. The molecule has 0 bridgehead atoms. The number of alkyl carbamates (subject to hydrolysis) is 1. The third-order valence-corrected chi connectivity index (χ3v) is 4.68. The Kier molecular flexibility index (Phi) is 5.13. The lowest BCUT2D eigenvalue weighted by Gasteiger charge is -2.25. The first-order valence-electron chi connectivity index (χ1n) is 8.18. The van der Waals surface area contributed by atoms with Crippen LogP contribution in [0.2, 0.25) is 0 Å². The molecule has 0 aliphatic carbocycles. The van der Waals surface area contributed by atoms with E-state index in [4.69, 9.17) is 4.74 Å². The van der Waals surface area contributed by atoms with Crippen molar-refractivity contribution in [2.45, 2.75) is 32.4 Å². The van der Waals surface area contributed by atoms with Crippen molar-refractivity contribution in [2.24, 2.45) is 0 Å². The second-order valence-corrected chi connectivity index (χ2v) is 7.58. The molecule has 2 aromatic carbocycles. The van der Waals surface area contributed by atoms with Crippen molar-refractivity contribution in [1.29, 1.82) is 0 Å². The monoisotopic (exact) mass is 400 g/mol. The van der Waals surface area contributed by atoms with Crippen LogP contribution in [0.15, 0.2) is 59.2 Å². The van der Waals surface area contributed by atoms with Crippen LogP contribution >= 0.6 is 15.9 Å². The van der Waals surface area contributed by atoms with Gasteiger partial charge in [-0.2, -0.15) is 0 Å². The van der Waals surface area contributed by atoms with E-state index in [0.717, 1.165) is 26.5 Å². The summed E-state index contributed by atoms with van der Waals surface area (Å²) >= 11 is 3.60. The van der Waals surface area contributed by atoms with E-state index in [9.17, 15) is 4.79 Å². The van der Waals surface area contributed by atoms with Crippen LogP contribution in [0.3, 0.4) is 0 Å².